The zero-order valence-electron chi connectivity index (χ0n) is 19.5. The third-order valence-electron chi connectivity index (χ3n) is 5.97. The number of carbonyl (C=O) groups excluding carboxylic acids is 1. The maximum atomic E-state index is 13.3. The van der Waals surface area contributed by atoms with Crippen molar-refractivity contribution in [1.82, 2.24) is 20.2 Å². The van der Waals surface area contributed by atoms with Crippen LogP contribution in [-0.4, -0.2) is 44.9 Å². The van der Waals surface area contributed by atoms with Crippen molar-refractivity contribution in [3.63, 3.8) is 0 Å². The minimum Gasteiger partial charge on any atom is -0.481 e. The van der Waals surface area contributed by atoms with E-state index in [0.717, 1.165) is 36.3 Å². The van der Waals surface area contributed by atoms with E-state index in [1.165, 1.54) is 6.07 Å². The van der Waals surface area contributed by atoms with Gasteiger partial charge >= 0.3 is 0 Å². The maximum Gasteiger partial charge on any atom is 0.297 e. The van der Waals surface area contributed by atoms with Gasteiger partial charge in [0, 0.05) is 24.9 Å². The highest BCUT2D eigenvalue weighted by molar-refractivity contribution is 5.96. The van der Waals surface area contributed by atoms with Crippen LogP contribution in [-0.2, 0) is 6.54 Å². The number of amides is 1. The van der Waals surface area contributed by atoms with Crippen LogP contribution in [0.15, 0.2) is 54.2 Å². The second kappa shape index (κ2) is 10.7. The number of ether oxygens (including phenoxy) is 1. The first kappa shape index (κ1) is 23.8. The summed E-state index contributed by atoms with van der Waals surface area (Å²) >= 11 is 0. The summed E-state index contributed by atoms with van der Waals surface area (Å²) in [6, 6.07) is 12.3. The van der Waals surface area contributed by atoms with Crippen LogP contribution in [0.3, 0.4) is 0 Å². The number of aromatic amines is 1. The van der Waals surface area contributed by atoms with Gasteiger partial charge in [0.25, 0.3) is 11.6 Å². The molecule has 0 bridgehead atoms. The minimum absolute atomic E-state index is 0.0998. The first-order chi connectivity index (χ1) is 17.0. The van der Waals surface area contributed by atoms with Crippen LogP contribution in [0.2, 0.25) is 0 Å². The second-order valence-corrected chi connectivity index (χ2v) is 8.25. The van der Waals surface area contributed by atoms with Crippen molar-refractivity contribution >= 4 is 22.6 Å². The van der Waals surface area contributed by atoms with Crippen LogP contribution >= 0.6 is 0 Å². The molecule has 0 saturated carbocycles. The number of fused-ring (bicyclic) bond motifs is 1. The Hall–Kier alpha value is -4.32. The van der Waals surface area contributed by atoms with E-state index in [2.05, 4.69) is 27.3 Å². The lowest BCUT2D eigenvalue weighted by molar-refractivity contribution is -0.383. The van der Waals surface area contributed by atoms with E-state index in [1.807, 2.05) is 31.2 Å². The number of imidazole rings is 1. The summed E-state index contributed by atoms with van der Waals surface area (Å²) in [5.74, 6) is 3.02. The number of para-hydroxylation sites is 1. The number of carbonyl (C=O) groups is 1. The van der Waals surface area contributed by atoms with Crippen molar-refractivity contribution < 1.29 is 14.5 Å². The van der Waals surface area contributed by atoms with Crippen LogP contribution in [0.1, 0.15) is 42.4 Å². The molecule has 3 aromatic rings. The maximum absolute atomic E-state index is 13.3. The SMILES string of the molecule is C#CCOc1cccc(CNC2=C[C@@H](N(CC)C(=O)c3nc4c([N+](=O)[O-])cccc4[nH]3)CCC2)c1. The Bertz CT molecular complexity index is 1310. The van der Waals surface area contributed by atoms with Gasteiger partial charge in [-0.2, -0.15) is 0 Å². The number of nitrogens with zero attached hydrogens (tertiary/aromatic N) is 3. The predicted molar refractivity (Wildman–Crippen MR) is 133 cm³/mol. The quantitative estimate of drug-likeness (QED) is 0.274. The Kier molecular flexibility index (Phi) is 7.31. The Morgan fingerprint density at radius 2 is 2.20 bits per heavy atom. The van der Waals surface area contributed by atoms with Crippen LogP contribution in [0.5, 0.6) is 5.75 Å². The second-order valence-electron chi connectivity index (χ2n) is 8.25. The summed E-state index contributed by atoms with van der Waals surface area (Å²) in [6.07, 6.45) is 10.0. The summed E-state index contributed by atoms with van der Waals surface area (Å²) in [6.45, 7) is 3.25. The number of non-ortho nitro benzene ring substituents is 1. The molecule has 0 aliphatic heterocycles. The van der Waals surface area contributed by atoms with Gasteiger partial charge in [-0.25, -0.2) is 4.98 Å². The number of terminal acetylenes is 1. The Balaban J connectivity index is 1.48. The van der Waals surface area contributed by atoms with Crippen LogP contribution in [0, 0.1) is 22.5 Å². The van der Waals surface area contributed by atoms with Crippen LogP contribution in [0.25, 0.3) is 11.0 Å². The number of nitrogens with one attached hydrogen (secondary N) is 2. The zero-order chi connectivity index (χ0) is 24.8. The number of nitro benzene ring substituents is 1. The lowest BCUT2D eigenvalue weighted by Gasteiger charge is -2.32. The molecule has 1 heterocycles. The van der Waals surface area contributed by atoms with E-state index in [4.69, 9.17) is 11.2 Å². The average molecular weight is 474 g/mol. The van der Waals surface area contributed by atoms with Gasteiger partial charge < -0.3 is 19.9 Å². The van der Waals surface area contributed by atoms with Crippen LogP contribution < -0.4 is 10.1 Å². The number of aromatic nitrogens is 2. The molecule has 9 nitrogen and oxygen atoms in total. The standard InChI is InChI=1S/C26H27N5O4/c1-3-14-35-21-11-5-8-18(15-21)17-27-19-9-6-10-20(16-19)30(4-2)26(32)25-28-22-12-7-13-23(31(33)34)24(22)29-25/h1,5,7-8,11-13,15-16,20,27H,4,6,9-10,14,17H2,2H3,(H,28,29)/t20-/m0/s1. The van der Waals surface area contributed by atoms with Crippen molar-refractivity contribution in [1.29, 1.82) is 0 Å². The van der Waals surface area contributed by atoms with E-state index in [-0.39, 0.29) is 35.6 Å². The van der Waals surface area contributed by atoms with E-state index >= 15 is 0 Å². The summed E-state index contributed by atoms with van der Waals surface area (Å²) < 4.78 is 5.49. The summed E-state index contributed by atoms with van der Waals surface area (Å²) in [7, 11) is 0. The van der Waals surface area contributed by atoms with Gasteiger partial charge in [-0.05, 0) is 56.0 Å². The van der Waals surface area contributed by atoms with E-state index in [9.17, 15) is 14.9 Å². The Morgan fingerprint density at radius 3 is 2.97 bits per heavy atom. The molecule has 9 heteroatoms. The average Bonchev–Trinajstić information content (AvgIpc) is 3.32. The van der Waals surface area contributed by atoms with Crippen molar-refractivity contribution in [2.45, 2.75) is 38.8 Å². The van der Waals surface area contributed by atoms with E-state index < -0.39 is 4.92 Å². The topological polar surface area (TPSA) is 113 Å². The fraction of sp³-hybridized carbons (Fsp3) is 0.308. The highest BCUT2D eigenvalue weighted by Crippen LogP contribution is 2.26. The molecule has 1 aliphatic carbocycles. The highest BCUT2D eigenvalue weighted by Gasteiger charge is 2.27. The van der Waals surface area contributed by atoms with Gasteiger partial charge in [-0.3, -0.25) is 14.9 Å². The normalized spacial score (nSPS) is 15.2. The third-order valence-corrected chi connectivity index (χ3v) is 5.97. The van der Waals surface area contributed by atoms with Gasteiger partial charge in [-0.1, -0.05) is 24.1 Å². The van der Waals surface area contributed by atoms with Crippen molar-refractivity contribution in [2.24, 2.45) is 0 Å². The molecule has 35 heavy (non-hydrogen) atoms. The number of rotatable bonds is 9. The molecular weight excluding hydrogens is 446 g/mol. The molecule has 0 unspecified atom stereocenters. The number of hydrogen-bond donors (Lipinski definition) is 2. The van der Waals surface area contributed by atoms with Crippen molar-refractivity contribution in [3.8, 4) is 18.1 Å². The van der Waals surface area contributed by atoms with Crippen LogP contribution in [0.4, 0.5) is 5.69 Å². The number of hydrogen-bond acceptors (Lipinski definition) is 6. The van der Waals surface area contributed by atoms with Crippen molar-refractivity contribution in [3.05, 3.63) is 75.7 Å². The highest BCUT2D eigenvalue weighted by atomic mass is 16.6. The molecule has 180 valence electrons. The monoisotopic (exact) mass is 473 g/mol. The lowest BCUT2D eigenvalue weighted by Crippen LogP contribution is -2.41. The Labute approximate surface area is 203 Å². The zero-order valence-corrected chi connectivity index (χ0v) is 19.5. The summed E-state index contributed by atoms with van der Waals surface area (Å²) in [4.78, 5) is 33.1. The molecule has 2 N–H and O–H groups in total. The number of benzene rings is 2. The molecule has 1 atom stereocenters. The first-order valence-corrected chi connectivity index (χ1v) is 11.5. The number of H-pyrrole nitrogens is 1. The largest absolute Gasteiger partial charge is 0.481 e. The fourth-order valence-electron chi connectivity index (χ4n) is 4.31. The summed E-state index contributed by atoms with van der Waals surface area (Å²) in [5, 5.41) is 14.8. The smallest absolute Gasteiger partial charge is 0.297 e. The molecule has 0 fully saturated rings. The molecule has 2 aromatic carbocycles. The van der Waals surface area contributed by atoms with Gasteiger partial charge in [0.05, 0.1) is 16.5 Å². The number of nitro groups is 1. The fourth-order valence-corrected chi connectivity index (χ4v) is 4.31. The molecular formula is C26H27N5O4. The van der Waals surface area contributed by atoms with Crippen molar-refractivity contribution in [2.75, 3.05) is 13.2 Å². The lowest BCUT2D eigenvalue weighted by atomic mass is 9.98. The van der Waals surface area contributed by atoms with Gasteiger partial charge in [0.2, 0.25) is 0 Å². The molecule has 0 saturated heterocycles. The van der Waals surface area contributed by atoms with Gasteiger partial charge in [0.1, 0.15) is 12.4 Å². The molecule has 1 aliphatic rings. The first-order valence-electron chi connectivity index (χ1n) is 11.5. The molecule has 0 spiro atoms. The molecule has 4 rings (SSSR count). The van der Waals surface area contributed by atoms with Gasteiger partial charge in [0.15, 0.2) is 11.3 Å². The van der Waals surface area contributed by atoms with Gasteiger partial charge in [-0.15, -0.1) is 6.42 Å². The molecule has 0 radical (unpaired) electrons. The molecule has 1 aromatic heterocycles. The number of allylic oxidation sites excluding steroid dienone is 1. The Morgan fingerprint density at radius 1 is 1.37 bits per heavy atom. The predicted octanol–water partition coefficient (Wildman–Crippen LogP) is 4.17. The minimum atomic E-state index is -0.492. The molecule has 1 amide bonds. The van der Waals surface area contributed by atoms with E-state index in [1.54, 1.807) is 17.0 Å². The number of likely N-dealkylation sites (N-methyl/N-ethyl adjacent to an activating group) is 1. The van der Waals surface area contributed by atoms with E-state index in [0.29, 0.717) is 18.6 Å². The summed E-state index contributed by atoms with van der Waals surface area (Å²) in [5.41, 5.74) is 2.66. The third kappa shape index (κ3) is 5.44.